The maximum absolute atomic E-state index is 7.50. The van der Waals surface area contributed by atoms with Gasteiger partial charge >= 0.3 is 33.9 Å². The Morgan fingerprint density at radius 2 is 0.529 bits per heavy atom. The molecule has 0 N–H and O–H groups in total. The molecule has 17 heavy (non-hydrogen) atoms. The van der Waals surface area contributed by atoms with Crippen LogP contribution in [-0.2, 0) is 35.0 Å². The van der Waals surface area contributed by atoms with E-state index in [0.29, 0.717) is 0 Å². The van der Waals surface area contributed by atoms with Crippen LogP contribution in [0.25, 0.3) is 0 Å². The summed E-state index contributed by atoms with van der Waals surface area (Å²) in [7, 11) is 0. The molecule has 1 fully saturated rings. The molecule has 0 bridgehead atoms. The van der Waals surface area contributed by atoms with Gasteiger partial charge in [-0.15, -0.1) is 0 Å². The molecule has 4 heteroatoms. The summed E-state index contributed by atoms with van der Waals surface area (Å²) in [4.78, 5) is 0. The molecule has 0 saturated heterocycles. The molecule has 1 rings (SSSR count). The van der Waals surface area contributed by atoms with E-state index in [1.165, 1.54) is 29.6 Å². The van der Waals surface area contributed by atoms with E-state index in [9.17, 15) is 0 Å². The first kappa shape index (κ1) is 25.7. The van der Waals surface area contributed by atoms with Crippen LogP contribution in [0, 0.1) is 49.5 Å². The first-order chi connectivity index (χ1) is 7.55. The second-order valence-corrected chi connectivity index (χ2v) is 3.12. The van der Waals surface area contributed by atoms with Crippen molar-refractivity contribution in [3.8, 4) is 0 Å². The van der Waals surface area contributed by atoms with Gasteiger partial charge in [0.15, 0.2) is 0 Å². The van der Waals surface area contributed by atoms with E-state index in [2.05, 4.69) is 54.6 Å². The van der Waals surface area contributed by atoms with E-state index in [4.69, 9.17) is 14.0 Å². The minimum absolute atomic E-state index is 0. The zero-order valence-electron chi connectivity index (χ0n) is 10.6. The average Bonchev–Trinajstić information content (AvgIpc) is 2.55. The molecule has 0 amide bonds. The molecule has 0 aromatic carbocycles. The van der Waals surface area contributed by atoms with Gasteiger partial charge < -0.3 is 0 Å². The molecule has 0 unspecified atom stereocenters. The summed E-state index contributed by atoms with van der Waals surface area (Å²) in [6, 6.07) is 0. The van der Waals surface area contributed by atoms with Gasteiger partial charge in [0.05, 0.1) is 0 Å². The largest absolute Gasteiger partial charge is 0 e. The zero-order valence-corrected chi connectivity index (χ0v) is 13.6. The molecular formula is C13H15O3W. The third-order valence-corrected chi connectivity index (χ3v) is 2.81. The Labute approximate surface area is 119 Å². The molecule has 1 aliphatic carbocycles. The Morgan fingerprint density at radius 3 is 0.588 bits per heavy atom. The van der Waals surface area contributed by atoms with Gasteiger partial charge in [0.2, 0.25) is 0 Å². The van der Waals surface area contributed by atoms with Crippen LogP contribution in [0.5, 0.6) is 0 Å². The minimum Gasteiger partial charge on any atom is 0 e. The molecule has 5 radical (unpaired) electrons. The molecule has 0 atom stereocenters. The predicted octanol–water partition coefficient (Wildman–Crippen LogP) is 2.86. The van der Waals surface area contributed by atoms with Gasteiger partial charge in [-0.1, -0.05) is 34.6 Å². The van der Waals surface area contributed by atoms with Crippen LogP contribution in [0.4, 0.5) is 0 Å². The third-order valence-electron chi connectivity index (χ3n) is 2.81. The Bertz CT molecular complexity index is 163. The zero-order chi connectivity index (χ0) is 13.9. The van der Waals surface area contributed by atoms with Gasteiger partial charge in [-0.05, 0) is 29.6 Å². The summed E-state index contributed by atoms with van der Waals surface area (Å²) in [5, 5.41) is 0. The summed E-state index contributed by atoms with van der Waals surface area (Å²) >= 11 is 0. The first-order valence-electron chi connectivity index (χ1n) is 4.36. The van der Waals surface area contributed by atoms with Crippen molar-refractivity contribution >= 4 is 0 Å². The van der Waals surface area contributed by atoms with Crippen LogP contribution in [0.15, 0.2) is 0 Å². The van der Waals surface area contributed by atoms with Crippen LogP contribution in [-0.4, -0.2) is 0 Å². The standard InChI is InChI=1S/C10H15.3CO.W/c1-6-7(2)9(4)10(5)8(6)3;3*1-2;/h1-5H3;;;;. The topological polar surface area (TPSA) is 59.7 Å². The fraction of sp³-hybridized carbons (Fsp3) is 0.385. The van der Waals surface area contributed by atoms with E-state index in [0.717, 1.165) is 0 Å². The molecule has 91 valence electrons. The van der Waals surface area contributed by atoms with Crippen LogP contribution in [0.2, 0.25) is 0 Å². The van der Waals surface area contributed by atoms with Gasteiger partial charge in [-0.2, -0.15) is 0 Å². The van der Waals surface area contributed by atoms with Crippen molar-refractivity contribution in [2.24, 2.45) is 0 Å². The molecule has 0 aromatic rings. The SMILES string of the molecule is C[C]1[C](C)[C](C)[C](C)[C]1C.[C-]#[O+].[C-]#[O+].[C-]#[O+].[W]. The maximum atomic E-state index is 7.50. The third kappa shape index (κ3) is 7.76. The molecular weight excluding hydrogens is 388 g/mol. The monoisotopic (exact) mass is 403 g/mol. The summed E-state index contributed by atoms with van der Waals surface area (Å²) in [5.74, 6) is 7.34. The number of hydrogen-bond acceptors (Lipinski definition) is 0. The fourth-order valence-corrected chi connectivity index (χ4v) is 1.41. The van der Waals surface area contributed by atoms with Crippen molar-refractivity contribution in [2.75, 3.05) is 0 Å². The first-order valence-corrected chi connectivity index (χ1v) is 4.36. The van der Waals surface area contributed by atoms with Crippen molar-refractivity contribution in [1.29, 1.82) is 0 Å². The molecule has 0 spiro atoms. The maximum Gasteiger partial charge on any atom is 0 e. The summed E-state index contributed by atoms with van der Waals surface area (Å²) < 4.78 is 22.5. The van der Waals surface area contributed by atoms with E-state index < -0.39 is 0 Å². The summed E-state index contributed by atoms with van der Waals surface area (Å²) in [6.07, 6.45) is 0. The van der Waals surface area contributed by atoms with Crippen LogP contribution >= 0.6 is 0 Å². The van der Waals surface area contributed by atoms with Crippen LogP contribution in [0.3, 0.4) is 0 Å². The van der Waals surface area contributed by atoms with Crippen molar-refractivity contribution in [1.82, 2.24) is 0 Å². The van der Waals surface area contributed by atoms with Crippen molar-refractivity contribution in [3.63, 3.8) is 0 Å². The minimum atomic E-state index is 0. The molecule has 0 heterocycles. The van der Waals surface area contributed by atoms with Crippen molar-refractivity contribution in [2.45, 2.75) is 34.6 Å². The number of hydrogen-bond donors (Lipinski definition) is 0. The van der Waals surface area contributed by atoms with E-state index >= 15 is 0 Å². The van der Waals surface area contributed by atoms with Crippen LogP contribution < -0.4 is 0 Å². The van der Waals surface area contributed by atoms with Gasteiger partial charge in [-0.25, -0.2) is 0 Å². The average molecular weight is 403 g/mol. The molecule has 0 aromatic heterocycles. The quantitative estimate of drug-likeness (QED) is 0.442. The Morgan fingerprint density at radius 1 is 0.471 bits per heavy atom. The normalized spacial score (nSPS) is 17.1. The predicted molar refractivity (Wildman–Crippen MR) is 56.4 cm³/mol. The van der Waals surface area contributed by atoms with Gasteiger partial charge in [0, 0.05) is 21.1 Å². The van der Waals surface area contributed by atoms with Crippen molar-refractivity contribution in [3.05, 3.63) is 49.5 Å². The van der Waals surface area contributed by atoms with Gasteiger partial charge in [0.1, 0.15) is 0 Å². The summed E-state index contributed by atoms with van der Waals surface area (Å²) in [6.45, 7) is 24.5. The van der Waals surface area contributed by atoms with Gasteiger partial charge in [0.25, 0.3) is 0 Å². The molecule has 0 aliphatic heterocycles. The van der Waals surface area contributed by atoms with E-state index in [1.807, 2.05) is 0 Å². The van der Waals surface area contributed by atoms with Crippen molar-refractivity contribution < 1.29 is 35.0 Å². The van der Waals surface area contributed by atoms with Crippen LogP contribution in [0.1, 0.15) is 34.6 Å². The summed E-state index contributed by atoms with van der Waals surface area (Å²) in [5.41, 5.74) is 0. The Kier molecular flexibility index (Phi) is 24.0. The molecule has 1 saturated carbocycles. The smallest absolute Gasteiger partial charge is 0 e. The molecule has 3 nitrogen and oxygen atoms in total. The Hall–Kier alpha value is -0.0917. The Balaban J connectivity index is -0.000000106. The molecule has 1 aliphatic rings. The van der Waals surface area contributed by atoms with E-state index in [-0.39, 0.29) is 21.1 Å². The second kappa shape index (κ2) is 15.9. The van der Waals surface area contributed by atoms with E-state index in [1.54, 1.807) is 0 Å². The fourth-order valence-electron chi connectivity index (χ4n) is 1.41. The number of rotatable bonds is 0. The second-order valence-electron chi connectivity index (χ2n) is 3.12. The van der Waals surface area contributed by atoms with Gasteiger partial charge in [-0.3, -0.25) is 0 Å².